The number of furan rings is 1. The van der Waals surface area contributed by atoms with Crippen molar-refractivity contribution in [1.82, 2.24) is 10.2 Å². The van der Waals surface area contributed by atoms with E-state index in [2.05, 4.69) is 5.32 Å². The average Bonchev–Trinajstić information content (AvgIpc) is 3.41. The van der Waals surface area contributed by atoms with E-state index in [1.807, 2.05) is 19.1 Å². The molecule has 1 N–H and O–H groups in total. The van der Waals surface area contributed by atoms with Crippen molar-refractivity contribution >= 4 is 23.6 Å². The summed E-state index contributed by atoms with van der Waals surface area (Å²) in [5, 5.41) is 2.39. The third-order valence-electron chi connectivity index (χ3n) is 4.95. The van der Waals surface area contributed by atoms with Gasteiger partial charge in [-0.3, -0.25) is 9.59 Å². The third kappa shape index (κ3) is 4.26. The predicted octanol–water partition coefficient (Wildman–Crippen LogP) is 4.30. The van der Waals surface area contributed by atoms with Crippen LogP contribution in [0.5, 0.6) is 0 Å². The monoisotopic (exact) mass is 424 g/mol. The van der Waals surface area contributed by atoms with E-state index in [0.29, 0.717) is 22.6 Å². The highest BCUT2D eigenvalue weighted by molar-refractivity contribution is 7.99. The Morgan fingerprint density at radius 3 is 2.73 bits per heavy atom. The summed E-state index contributed by atoms with van der Waals surface area (Å²) in [4.78, 5) is 28.0. The molecule has 0 bridgehead atoms. The summed E-state index contributed by atoms with van der Waals surface area (Å²) in [6.07, 6.45) is 1.54. The molecule has 4 rings (SSSR count). The topological polar surface area (TPSA) is 62.6 Å². The molecule has 0 saturated carbocycles. The lowest BCUT2D eigenvalue weighted by molar-refractivity contribution is -0.125. The summed E-state index contributed by atoms with van der Waals surface area (Å²) in [6.45, 7) is 2.15. The standard InChI is InChI=1S/C23H21FN2O3S/c1-15-5-2-6-16(11-15)22(28)26-20(21(27)25-13-19-9-4-10-29-19)14-30-23(26)17-7-3-8-18(24)12-17/h2-12,20,23H,13-14H2,1H3,(H,25,27). The van der Waals surface area contributed by atoms with Crippen LogP contribution in [0.15, 0.2) is 71.3 Å². The molecule has 0 radical (unpaired) electrons. The molecule has 3 aromatic rings. The predicted molar refractivity (Wildman–Crippen MR) is 113 cm³/mol. The van der Waals surface area contributed by atoms with E-state index in [0.717, 1.165) is 5.56 Å². The third-order valence-corrected chi connectivity index (χ3v) is 6.28. The summed E-state index contributed by atoms with van der Waals surface area (Å²) in [5.41, 5.74) is 2.11. The molecular formula is C23H21FN2O3S. The van der Waals surface area contributed by atoms with Crippen molar-refractivity contribution in [3.05, 3.63) is 95.2 Å². The lowest BCUT2D eigenvalue weighted by atomic mass is 10.1. The van der Waals surface area contributed by atoms with Crippen LogP contribution in [0.4, 0.5) is 4.39 Å². The van der Waals surface area contributed by atoms with Gasteiger partial charge in [0.05, 0.1) is 12.8 Å². The molecule has 2 aromatic carbocycles. The van der Waals surface area contributed by atoms with Crippen molar-refractivity contribution in [2.75, 3.05) is 5.75 Å². The zero-order chi connectivity index (χ0) is 21.1. The number of halogens is 1. The van der Waals surface area contributed by atoms with Crippen molar-refractivity contribution in [2.24, 2.45) is 0 Å². The van der Waals surface area contributed by atoms with E-state index in [-0.39, 0.29) is 24.2 Å². The lowest BCUT2D eigenvalue weighted by Crippen LogP contribution is -2.47. The van der Waals surface area contributed by atoms with E-state index in [1.54, 1.807) is 47.6 Å². The van der Waals surface area contributed by atoms with Crippen LogP contribution in [-0.2, 0) is 11.3 Å². The van der Waals surface area contributed by atoms with Gasteiger partial charge in [0.25, 0.3) is 5.91 Å². The fourth-order valence-electron chi connectivity index (χ4n) is 3.51. The summed E-state index contributed by atoms with van der Waals surface area (Å²) >= 11 is 1.45. The number of nitrogens with zero attached hydrogens (tertiary/aromatic N) is 1. The first kappa shape index (κ1) is 20.2. The highest BCUT2D eigenvalue weighted by Crippen LogP contribution is 2.42. The Hall–Kier alpha value is -3.06. The van der Waals surface area contributed by atoms with Crippen molar-refractivity contribution < 1.29 is 18.4 Å². The summed E-state index contributed by atoms with van der Waals surface area (Å²) < 4.78 is 19.1. The molecule has 154 valence electrons. The highest BCUT2D eigenvalue weighted by Gasteiger charge is 2.42. The first-order valence-corrected chi connectivity index (χ1v) is 10.6. The van der Waals surface area contributed by atoms with Gasteiger partial charge < -0.3 is 14.6 Å². The number of rotatable bonds is 5. The molecule has 1 fully saturated rings. The molecule has 2 amide bonds. The van der Waals surface area contributed by atoms with E-state index in [4.69, 9.17) is 4.42 Å². The van der Waals surface area contributed by atoms with Crippen LogP contribution in [0.1, 0.15) is 32.6 Å². The van der Waals surface area contributed by atoms with Crippen LogP contribution in [0, 0.1) is 12.7 Å². The number of nitrogens with one attached hydrogen (secondary N) is 1. The highest BCUT2D eigenvalue weighted by atomic mass is 32.2. The minimum atomic E-state index is -0.675. The maximum absolute atomic E-state index is 13.9. The van der Waals surface area contributed by atoms with Gasteiger partial charge in [-0.25, -0.2) is 4.39 Å². The average molecular weight is 424 g/mol. The van der Waals surface area contributed by atoms with Gasteiger partial charge in [0.1, 0.15) is 23.0 Å². The SMILES string of the molecule is Cc1cccc(C(=O)N2C(C(=O)NCc3ccco3)CSC2c2cccc(F)c2)c1. The Balaban J connectivity index is 1.63. The zero-order valence-electron chi connectivity index (χ0n) is 16.4. The number of carbonyl (C=O) groups excluding carboxylic acids is 2. The van der Waals surface area contributed by atoms with Gasteiger partial charge >= 0.3 is 0 Å². The quantitative estimate of drug-likeness (QED) is 0.663. The van der Waals surface area contributed by atoms with Gasteiger partial charge in [0.2, 0.25) is 5.91 Å². The van der Waals surface area contributed by atoms with E-state index < -0.39 is 11.4 Å². The second-order valence-electron chi connectivity index (χ2n) is 7.14. The van der Waals surface area contributed by atoms with Gasteiger partial charge in [0, 0.05) is 11.3 Å². The number of benzene rings is 2. The fraction of sp³-hybridized carbons (Fsp3) is 0.217. The van der Waals surface area contributed by atoms with Gasteiger partial charge in [-0.2, -0.15) is 0 Å². The van der Waals surface area contributed by atoms with Gasteiger partial charge in [-0.1, -0.05) is 29.8 Å². The maximum Gasteiger partial charge on any atom is 0.255 e. The molecule has 1 aliphatic heterocycles. The maximum atomic E-state index is 13.9. The Labute approximate surface area is 178 Å². The Bertz CT molecular complexity index is 1050. The molecular weight excluding hydrogens is 403 g/mol. The van der Waals surface area contributed by atoms with Crippen molar-refractivity contribution in [3.8, 4) is 0 Å². The fourth-order valence-corrected chi connectivity index (χ4v) is 4.92. The number of hydrogen-bond donors (Lipinski definition) is 1. The molecule has 2 unspecified atom stereocenters. The molecule has 7 heteroatoms. The van der Waals surface area contributed by atoms with E-state index >= 15 is 0 Å². The summed E-state index contributed by atoms with van der Waals surface area (Å²) in [5.74, 6) is 0.159. The van der Waals surface area contributed by atoms with Gasteiger partial charge in [0.15, 0.2) is 0 Å². The first-order valence-electron chi connectivity index (χ1n) is 9.59. The number of carbonyl (C=O) groups is 2. The smallest absolute Gasteiger partial charge is 0.255 e. The van der Waals surface area contributed by atoms with Crippen LogP contribution in [-0.4, -0.2) is 28.5 Å². The molecule has 0 spiro atoms. The van der Waals surface area contributed by atoms with Crippen LogP contribution in [0.25, 0.3) is 0 Å². The van der Waals surface area contributed by atoms with Crippen molar-refractivity contribution in [3.63, 3.8) is 0 Å². The molecule has 5 nitrogen and oxygen atoms in total. The molecule has 2 atom stereocenters. The minimum Gasteiger partial charge on any atom is -0.467 e. The van der Waals surface area contributed by atoms with E-state index in [1.165, 1.54) is 23.9 Å². The van der Waals surface area contributed by atoms with Crippen LogP contribution >= 0.6 is 11.8 Å². The number of aryl methyl sites for hydroxylation is 1. The molecule has 1 saturated heterocycles. The molecule has 0 aliphatic carbocycles. The number of thioether (sulfide) groups is 1. The van der Waals surface area contributed by atoms with Crippen LogP contribution < -0.4 is 5.32 Å². The minimum absolute atomic E-state index is 0.240. The number of amides is 2. The van der Waals surface area contributed by atoms with Gasteiger partial charge in [-0.05, 0) is 48.9 Å². The Kier molecular flexibility index (Phi) is 5.90. The normalized spacial score (nSPS) is 18.4. The van der Waals surface area contributed by atoms with Crippen LogP contribution in [0.2, 0.25) is 0 Å². The Morgan fingerprint density at radius 2 is 2.00 bits per heavy atom. The van der Waals surface area contributed by atoms with Crippen LogP contribution in [0.3, 0.4) is 0 Å². The van der Waals surface area contributed by atoms with Gasteiger partial charge in [-0.15, -0.1) is 11.8 Å². The summed E-state index contributed by atoms with van der Waals surface area (Å²) in [7, 11) is 0. The lowest BCUT2D eigenvalue weighted by Gasteiger charge is -2.29. The largest absolute Gasteiger partial charge is 0.467 e. The molecule has 1 aromatic heterocycles. The first-order chi connectivity index (χ1) is 14.5. The summed E-state index contributed by atoms with van der Waals surface area (Å²) in [6, 6.07) is 16.3. The molecule has 30 heavy (non-hydrogen) atoms. The molecule has 1 aliphatic rings. The second-order valence-corrected chi connectivity index (χ2v) is 8.25. The van der Waals surface area contributed by atoms with Crippen molar-refractivity contribution in [1.29, 1.82) is 0 Å². The zero-order valence-corrected chi connectivity index (χ0v) is 17.2. The van der Waals surface area contributed by atoms with E-state index in [9.17, 15) is 14.0 Å². The van der Waals surface area contributed by atoms with Crippen molar-refractivity contribution in [2.45, 2.75) is 24.9 Å². The molecule has 2 heterocycles. The second kappa shape index (κ2) is 8.75. The Morgan fingerprint density at radius 1 is 1.17 bits per heavy atom. The number of hydrogen-bond acceptors (Lipinski definition) is 4.